The summed E-state index contributed by atoms with van der Waals surface area (Å²) < 4.78 is 0. The van der Waals surface area contributed by atoms with E-state index in [1.807, 2.05) is 6.07 Å². The van der Waals surface area contributed by atoms with Gasteiger partial charge in [0.05, 0.1) is 24.1 Å². The second-order valence-electron chi connectivity index (χ2n) is 3.39. The molecule has 88 valence electrons. The summed E-state index contributed by atoms with van der Waals surface area (Å²) in [5, 5.41) is 19.6. The normalized spacial score (nSPS) is 11.3. The first-order valence-electron chi connectivity index (χ1n) is 4.81. The molecule has 17 heavy (non-hydrogen) atoms. The van der Waals surface area contributed by atoms with Gasteiger partial charge in [0.15, 0.2) is 0 Å². The minimum absolute atomic E-state index is 0.398. The van der Waals surface area contributed by atoms with E-state index in [4.69, 9.17) is 16.1 Å². The lowest BCUT2D eigenvalue weighted by Gasteiger charge is -2.10. The predicted octanol–water partition coefficient (Wildman–Crippen LogP) is 0.299. The molecule has 1 rings (SSSR count). The van der Waals surface area contributed by atoms with E-state index in [-0.39, 0.29) is 0 Å². The number of carbonyl (C=O) groups excluding carboxylic acids is 1. The van der Waals surface area contributed by atoms with E-state index in [1.54, 1.807) is 18.2 Å². The zero-order chi connectivity index (χ0) is 12.8. The third-order valence-corrected chi connectivity index (χ3v) is 1.99. The molecular weight excluding hydrogens is 222 g/mol. The second-order valence-corrected chi connectivity index (χ2v) is 3.39. The van der Waals surface area contributed by atoms with Gasteiger partial charge in [0.2, 0.25) is 5.91 Å². The highest BCUT2D eigenvalue weighted by Gasteiger charge is 2.16. The van der Waals surface area contributed by atoms with Gasteiger partial charge in [0, 0.05) is 5.69 Å². The number of carbonyl (C=O) groups is 2. The van der Waals surface area contributed by atoms with Crippen LogP contribution in [0.25, 0.3) is 0 Å². The highest BCUT2D eigenvalue weighted by atomic mass is 16.4. The van der Waals surface area contributed by atoms with E-state index in [0.29, 0.717) is 11.3 Å². The second kappa shape index (κ2) is 5.63. The Labute approximate surface area is 97.7 Å². The number of anilines is 1. The molecule has 0 heterocycles. The number of benzene rings is 1. The third-order valence-electron chi connectivity index (χ3n) is 1.99. The molecule has 0 spiro atoms. The number of nitrogens with zero attached hydrogens (tertiary/aromatic N) is 1. The Hall–Kier alpha value is -2.39. The average Bonchev–Trinajstić information content (AvgIpc) is 2.28. The summed E-state index contributed by atoms with van der Waals surface area (Å²) in [6.45, 7) is 0. The van der Waals surface area contributed by atoms with E-state index in [2.05, 4.69) is 5.32 Å². The van der Waals surface area contributed by atoms with Crippen molar-refractivity contribution in [1.82, 2.24) is 0 Å². The quantitative estimate of drug-likeness (QED) is 0.691. The minimum atomic E-state index is -1.14. The Morgan fingerprint density at radius 3 is 2.82 bits per heavy atom. The van der Waals surface area contributed by atoms with Gasteiger partial charge in [-0.05, 0) is 18.2 Å². The minimum Gasteiger partial charge on any atom is -0.481 e. The lowest BCUT2D eigenvalue weighted by Crippen LogP contribution is -2.37. The van der Waals surface area contributed by atoms with Gasteiger partial charge in [-0.25, -0.2) is 0 Å². The van der Waals surface area contributed by atoms with Gasteiger partial charge in [-0.3, -0.25) is 9.59 Å². The van der Waals surface area contributed by atoms with Crippen molar-refractivity contribution in [2.45, 2.75) is 12.5 Å². The molecule has 1 unspecified atom stereocenters. The van der Waals surface area contributed by atoms with Crippen LogP contribution in [-0.2, 0) is 9.59 Å². The maximum atomic E-state index is 11.5. The molecule has 6 nitrogen and oxygen atoms in total. The number of carboxylic acids is 1. The standard InChI is InChI=1S/C11H11N3O3/c12-6-7-2-1-3-8(4-7)14-11(17)9(13)5-10(15)16/h1-4,9H,5,13H2,(H,14,17)(H,15,16). The average molecular weight is 233 g/mol. The van der Waals surface area contributed by atoms with Crippen molar-refractivity contribution in [3.05, 3.63) is 29.8 Å². The summed E-state index contributed by atoms with van der Waals surface area (Å²) >= 11 is 0. The van der Waals surface area contributed by atoms with Gasteiger partial charge in [-0.1, -0.05) is 6.07 Å². The van der Waals surface area contributed by atoms with Gasteiger partial charge in [0.25, 0.3) is 0 Å². The Bertz CT molecular complexity index is 479. The predicted molar refractivity (Wildman–Crippen MR) is 60.0 cm³/mol. The summed E-state index contributed by atoms with van der Waals surface area (Å²) in [7, 11) is 0. The fraction of sp³-hybridized carbons (Fsp3) is 0.182. The van der Waals surface area contributed by atoms with Crippen LogP contribution >= 0.6 is 0 Å². The van der Waals surface area contributed by atoms with Crippen LogP contribution in [0.4, 0.5) is 5.69 Å². The van der Waals surface area contributed by atoms with Gasteiger partial charge < -0.3 is 16.2 Å². The number of nitrogens with two attached hydrogens (primary N) is 1. The van der Waals surface area contributed by atoms with Crippen molar-refractivity contribution >= 4 is 17.6 Å². The molecule has 0 aliphatic carbocycles. The first kappa shape index (κ1) is 12.7. The Kier molecular flexibility index (Phi) is 4.20. The van der Waals surface area contributed by atoms with Crippen molar-refractivity contribution < 1.29 is 14.7 Å². The summed E-state index contributed by atoms with van der Waals surface area (Å²) in [6.07, 6.45) is -0.441. The lowest BCUT2D eigenvalue weighted by atomic mass is 10.2. The van der Waals surface area contributed by atoms with Crippen LogP contribution in [0, 0.1) is 11.3 Å². The molecule has 0 aromatic heterocycles. The fourth-order valence-electron chi connectivity index (χ4n) is 1.18. The summed E-state index contributed by atoms with van der Waals surface area (Å²) in [5.74, 6) is -1.74. The largest absolute Gasteiger partial charge is 0.481 e. The van der Waals surface area contributed by atoms with Crippen molar-refractivity contribution in [3.63, 3.8) is 0 Å². The van der Waals surface area contributed by atoms with Crippen molar-refractivity contribution in [2.75, 3.05) is 5.32 Å². The Balaban J connectivity index is 2.68. The van der Waals surface area contributed by atoms with Crippen molar-refractivity contribution in [2.24, 2.45) is 5.73 Å². The number of hydrogen-bond acceptors (Lipinski definition) is 4. The number of hydrogen-bond donors (Lipinski definition) is 3. The third kappa shape index (κ3) is 3.93. The number of rotatable bonds is 4. The molecule has 0 aliphatic heterocycles. The van der Waals surface area contributed by atoms with Crippen LogP contribution in [0.15, 0.2) is 24.3 Å². The first-order valence-corrected chi connectivity index (χ1v) is 4.81. The molecule has 1 aromatic carbocycles. The van der Waals surface area contributed by atoms with Crippen LogP contribution in [0.5, 0.6) is 0 Å². The number of carboxylic acid groups (broad SMARTS) is 1. The maximum Gasteiger partial charge on any atom is 0.305 e. The molecule has 4 N–H and O–H groups in total. The molecule has 1 atom stereocenters. The van der Waals surface area contributed by atoms with E-state index in [9.17, 15) is 9.59 Å². The lowest BCUT2D eigenvalue weighted by molar-refractivity contribution is -0.138. The van der Waals surface area contributed by atoms with E-state index < -0.39 is 24.3 Å². The maximum absolute atomic E-state index is 11.5. The zero-order valence-electron chi connectivity index (χ0n) is 8.88. The molecule has 0 bridgehead atoms. The van der Waals surface area contributed by atoms with Crippen LogP contribution in [0.1, 0.15) is 12.0 Å². The zero-order valence-corrected chi connectivity index (χ0v) is 8.88. The van der Waals surface area contributed by atoms with Gasteiger partial charge in [0.1, 0.15) is 0 Å². The van der Waals surface area contributed by atoms with Crippen molar-refractivity contribution in [1.29, 1.82) is 5.26 Å². The number of nitriles is 1. The molecule has 1 amide bonds. The van der Waals surface area contributed by atoms with Gasteiger partial charge >= 0.3 is 5.97 Å². The van der Waals surface area contributed by atoms with E-state index in [0.717, 1.165) is 0 Å². The molecule has 0 radical (unpaired) electrons. The Morgan fingerprint density at radius 2 is 2.24 bits per heavy atom. The molecule has 6 heteroatoms. The summed E-state index contributed by atoms with van der Waals surface area (Å²) in [6, 6.07) is 7.08. The topological polar surface area (TPSA) is 116 Å². The first-order chi connectivity index (χ1) is 8.02. The Morgan fingerprint density at radius 1 is 1.53 bits per heavy atom. The molecule has 0 saturated carbocycles. The molecule has 0 aliphatic rings. The van der Waals surface area contributed by atoms with E-state index >= 15 is 0 Å². The smallest absolute Gasteiger partial charge is 0.305 e. The molecule has 1 aromatic rings. The van der Waals surface area contributed by atoms with Gasteiger partial charge in [-0.2, -0.15) is 5.26 Å². The van der Waals surface area contributed by atoms with Crippen molar-refractivity contribution in [3.8, 4) is 6.07 Å². The fourth-order valence-corrected chi connectivity index (χ4v) is 1.18. The highest BCUT2D eigenvalue weighted by molar-refractivity contribution is 5.96. The number of aliphatic carboxylic acids is 1. The van der Waals surface area contributed by atoms with Crippen LogP contribution in [0.3, 0.4) is 0 Å². The molecule has 0 fully saturated rings. The molecular formula is C11H11N3O3. The monoisotopic (exact) mass is 233 g/mol. The summed E-state index contributed by atoms with van der Waals surface area (Å²) in [5.41, 5.74) is 6.19. The molecule has 0 saturated heterocycles. The SMILES string of the molecule is N#Cc1cccc(NC(=O)C(N)CC(=O)O)c1. The number of nitrogens with one attached hydrogen (secondary N) is 1. The van der Waals surface area contributed by atoms with Gasteiger partial charge in [-0.15, -0.1) is 0 Å². The highest BCUT2D eigenvalue weighted by Crippen LogP contribution is 2.10. The van der Waals surface area contributed by atoms with Crippen LogP contribution in [0.2, 0.25) is 0 Å². The van der Waals surface area contributed by atoms with Crippen LogP contribution in [-0.4, -0.2) is 23.0 Å². The number of amides is 1. The van der Waals surface area contributed by atoms with E-state index in [1.165, 1.54) is 6.07 Å². The van der Waals surface area contributed by atoms with Crippen LogP contribution < -0.4 is 11.1 Å². The summed E-state index contributed by atoms with van der Waals surface area (Å²) in [4.78, 5) is 21.8.